The van der Waals surface area contributed by atoms with Gasteiger partial charge < -0.3 is 26.2 Å². The first-order valence-corrected chi connectivity index (χ1v) is 15.3. The number of hydrogen-bond acceptors (Lipinski definition) is 9. The van der Waals surface area contributed by atoms with Crippen molar-refractivity contribution in [1.82, 2.24) is 24.8 Å². The maximum absolute atomic E-state index is 12.4. The summed E-state index contributed by atoms with van der Waals surface area (Å²) in [6, 6.07) is 25.5. The fourth-order valence-corrected chi connectivity index (χ4v) is 5.55. The molecule has 10 nitrogen and oxygen atoms in total. The number of amides is 1. The minimum atomic E-state index is -0.152. The number of hydrogen-bond donors (Lipinski definition) is 3. The van der Waals surface area contributed by atoms with E-state index in [1.807, 2.05) is 110 Å². The number of fused-ring (bicyclic) bond motifs is 1. The number of nitrogens with one attached hydrogen (secondary N) is 2. The van der Waals surface area contributed by atoms with Gasteiger partial charge in [0.15, 0.2) is 0 Å². The van der Waals surface area contributed by atoms with Crippen molar-refractivity contribution in [3.8, 4) is 0 Å². The largest absolute Gasteiger partial charge is 0.398 e. The summed E-state index contributed by atoms with van der Waals surface area (Å²) in [6.45, 7) is 2.28. The first kappa shape index (κ1) is 30.4. The van der Waals surface area contributed by atoms with Crippen LogP contribution in [-0.2, 0) is 4.79 Å². The molecule has 0 radical (unpaired) electrons. The SMILES string of the molecule is CN(C)C/C=C/C(=O)Nc1ccc2c(N3CC[C@H](Nc4nccc(C(=C(N)c5ccccc5)c5ccccn5)n4)C3)nccc2c1. The average molecular weight is 612 g/mol. The molecule has 10 heteroatoms. The lowest BCUT2D eigenvalue weighted by molar-refractivity contribution is -0.111. The predicted octanol–water partition coefficient (Wildman–Crippen LogP) is 5.04. The fourth-order valence-electron chi connectivity index (χ4n) is 5.55. The Kier molecular flexibility index (Phi) is 9.26. The van der Waals surface area contributed by atoms with E-state index in [-0.39, 0.29) is 11.9 Å². The molecule has 46 heavy (non-hydrogen) atoms. The number of rotatable bonds is 10. The number of nitrogens with zero attached hydrogens (tertiary/aromatic N) is 6. The van der Waals surface area contributed by atoms with Crippen LogP contribution >= 0.6 is 0 Å². The van der Waals surface area contributed by atoms with Crippen LogP contribution in [0, 0.1) is 0 Å². The minimum Gasteiger partial charge on any atom is -0.398 e. The molecule has 1 fully saturated rings. The summed E-state index contributed by atoms with van der Waals surface area (Å²) >= 11 is 0. The van der Waals surface area contributed by atoms with Gasteiger partial charge in [-0.25, -0.2) is 15.0 Å². The highest BCUT2D eigenvalue weighted by molar-refractivity contribution is 6.02. The molecule has 6 rings (SSSR count). The van der Waals surface area contributed by atoms with Gasteiger partial charge in [0.05, 0.1) is 17.1 Å². The Balaban J connectivity index is 1.18. The zero-order valence-corrected chi connectivity index (χ0v) is 26.0. The van der Waals surface area contributed by atoms with E-state index >= 15 is 0 Å². The summed E-state index contributed by atoms with van der Waals surface area (Å²) in [5.41, 5.74) is 11.2. The highest BCUT2D eigenvalue weighted by atomic mass is 16.1. The van der Waals surface area contributed by atoms with E-state index in [1.165, 1.54) is 0 Å². The van der Waals surface area contributed by atoms with Crippen LogP contribution in [-0.4, -0.2) is 70.5 Å². The zero-order valence-electron chi connectivity index (χ0n) is 26.0. The lowest BCUT2D eigenvalue weighted by Crippen LogP contribution is -2.27. The third kappa shape index (κ3) is 7.19. The van der Waals surface area contributed by atoms with Crippen LogP contribution < -0.4 is 21.3 Å². The number of carbonyl (C=O) groups excluding carboxylic acids is 1. The van der Waals surface area contributed by atoms with E-state index in [4.69, 9.17) is 15.7 Å². The zero-order chi connectivity index (χ0) is 31.9. The van der Waals surface area contributed by atoms with Crippen LogP contribution in [0.5, 0.6) is 0 Å². The van der Waals surface area contributed by atoms with Gasteiger partial charge in [0.1, 0.15) is 5.82 Å². The number of carbonyl (C=O) groups is 1. The number of anilines is 3. The molecule has 232 valence electrons. The third-order valence-electron chi connectivity index (χ3n) is 7.76. The van der Waals surface area contributed by atoms with Crippen LogP contribution in [0.15, 0.2) is 110 Å². The quantitative estimate of drug-likeness (QED) is 0.186. The number of aromatic nitrogens is 4. The molecule has 3 aromatic heterocycles. The van der Waals surface area contributed by atoms with E-state index in [0.29, 0.717) is 23.9 Å². The molecule has 1 saturated heterocycles. The first-order valence-electron chi connectivity index (χ1n) is 15.3. The lowest BCUT2D eigenvalue weighted by Gasteiger charge is -2.20. The van der Waals surface area contributed by atoms with Crippen LogP contribution in [0.25, 0.3) is 22.0 Å². The molecule has 2 aromatic carbocycles. The third-order valence-corrected chi connectivity index (χ3v) is 7.76. The minimum absolute atomic E-state index is 0.119. The molecule has 1 aliphatic heterocycles. The van der Waals surface area contributed by atoms with Crippen LogP contribution in [0.2, 0.25) is 0 Å². The van der Waals surface area contributed by atoms with Crippen molar-refractivity contribution in [3.05, 3.63) is 127 Å². The van der Waals surface area contributed by atoms with Gasteiger partial charge in [-0.15, -0.1) is 0 Å². The maximum Gasteiger partial charge on any atom is 0.248 e. The van der Waals surface area contributed by atoms with Crippen molar-refractivity contribution in [3.63, 3.8) is 0 Å². The van der Waals surface area contributed by atoms with E-state index in [0.717, 1.165) is 58.6 Å². The van der Waals surface area contributed by atoms with Crippen LogP contribution in [0.3, 0.4) is 0 Å². The molecule has 1 amide bonds. The van der Waals surface area contributed by atoms with Gasteiger partial charge in [-0.05, 0) is 73.9 Å². The van der Waals surface area contributed by atoms with E-state index in [2.05, 4.69) is 25.5 Å². The fraction of sp³-hybridized carbons (Fsp3) is 0.194. The molecular weight excluding hydrogens is 574 g/mol. The Bertz CT molecular complexity index is 1870. The highest BCUT2D eigenvalue weighted by Crippen LogP contribution is 2.31. The van der Waals surface area contributed by atoms with E-state index in [9.17, 15) is 4.79 Å². The molecule has 4 N–H and O–H groups in total. The molecule has 1 aliphatic rings. The number of benzene rings is 2. The van der Waals surface area contributed by atoms with Crippen molar-refractivity contribution in [2.45, 2.75) is 12.5 Å². The normalized spacial score (nSPS) is 15.4. The number of nitrogens with two attached hydrogens (primary N) is 1. The predicted molar refractivity (Wildman–Crippen MR) is 185 cm³/mol. The summed E-state index contributed by atoms with van der Waals surface area (Å²) in [4.78, 5) is 35.4. The van der Waals surface area contributed by atoms with Gasteiger partial charge in [0, 0.05) is 67.0 Å². The van der Waals surface area contributed by atoms with Gasteiger partial charge in [-0.1, -0.05) is 42.5 Å². The second-order valence-electron chi connectivity index (χ2n) is 11.4. The van der Waals surface area contributed by atoms with Crippen LogP contribution in [0.1, 0.15) is 23.4 Å². The van der Waals surface area contributed by atoms with Gasteiger partial charge >= 0.3 is 0 Å². The van der Waals surface area contributed by atoms with Crippen molar-refractivity contribution < 1.29 is 4.79 Å². The topological polar surface area (TPSA) is 125 Å². The molecule has 0 bridgehead atoms. The monoisotopic (exact) mass is 611 g/mol. The second kappa shape index (κ2) is 14.0. The molecular formula is C36H37N9O. The van der Waals surface area contributed by atoms with Crippen molar-refractivity contribution in [1.29, 1.82) is 0 Å². The Hall–Kier alpha value is -5.61. The summed E-state index contributed by atoms with van der Waals surface area (Å²) in [5, 5.41) is 8.53. The van der Waals surface area contributed by atoms with Crippen molar-refractivity contribution in [2.24, 2.45) is 5.73 Å². The summed E-state index contributed by atoms with van der Waals surface area (Å²) in [7, 11) is 3.92. The second-order valence-corrected chi connectivity index (χ2v) is 11.4. The summed E-state index contributed by atoms with van der Waals surface area (Å²) < 4.78 is 0. The molecule has 4 heterocycles. The molecule has 0 aliphatic carbocycles. The Labute approximate surface area is 268 Å². The molecule has 1 atom stereocenters. The molecule has 0 spiro atoms. The first-order chi connectivity index (χ1) is 22.4. The van der Waals surface area contributed by atoms with E-state index in [1.54, 1.807) is 18.5 Å². The molecule has 5 aromatic rings. The smallest absolute Gasteiger partial charge is 0.248 e. The van der Waals surface area contributed by atoms with Gasteiger partial charge in [0.25, 0.3) is 0 Å². The molecule has 0 unspecified atom stereocenters. The van der Waals surface area contributed by atoms with Crippen molar-refractivity contribution in [2.75, 3.05) is 49.3 Å². The lowest BCUT2D eigenvalue weighted by atomic mass is 10.0. The van der Waals surface area contributed by atoms with E-state index < -0.39 is 0 Å². The Morgan fingerprint density at radius 2 is 1.78 bits per heavy atom. The van der Waals surface area contributed by atoms with Gasteiger partial charge in [-0.3, -0.25) is 9.78 Å². The summed E-state index contributed by atoms with van der Waals surface area (Å²) in [6.07, 6.45) is 9.62. The maximum atomic E-state index is 12.4. The average Bonchev–Trinajstić information content (AvgIpc) is 3.53. The Morgan fingerprint density at radius 3 is 2.59 bits per heavy atom. The van der Waals surface area contributed by atoms with Gasteiger partial charge in [-0.2, -0.15) is 0 Å². The number of likely N-dealkylation sites (N-methyl/N-ethyl adjacent to an activating group) is 1. The highest BCUT2D eigenvalue weighted by Gasteiger charge is 2.26. The standard InChI is InChI=1S/C36H37N9O/c1-44(2)21-8-12-32(46)41-27-13-14-29-26(23-27)15-19-39-35(29)45-22-17-28(24-45)42-36-40-20-16-31(43-36)33(30-11-6-7-18-38-30)34(37)25-9-4-3-5-10-25/h3-16,18-20,23,28H,17,21-22,24,37H2,1-2H3,(H,41,46)(H,40,42,43)/b12-8+,34-33?/t28-/m0/s1. The molecule has 0 saturated carbocycles. The van der Waals surface area contributed by atoms with Crippen LogP contribution in [0.4, 0.5) is 17.5 Å². The summed E-state index contributed by atoms with van der Waals surface area (Å²) in [5.74, 6) is 1.29. The number of pyridine rings is 2. The Morgan fingerprint density at radius 1 is 0.957 bits per heavy atom. The van der Waals surface area contributed by atoms with Crippen molar-refractivity contribution >= 4 is 45.4 Å². The van der Waals surface area contributed by atoms with Gasteiger partial charge in [0.2, 0.25) is 11.9 Å².